The molecule has 3 aromatic carbocycles. The van der Waals surface area contributed by atoms with Gasteiger partial charge in [0.05, 0.1) is 23.3 Å². The number of amides is 2. The summed E-state index contributed by atoms with van der Waals surface area (Å²) in [6, 6.07) is 12.7. The number of sulfonamides is 1. The summed E-state index contributed by atoms with van der Waals surface area (Å²) >= 11 is 0. The Morgan fingerprint density at radius 2 is 1.59 bits per heavy atom. The predicted molar refractivity (Wildman–Crippen MR) is 118 cm³/mol. The fourth-order valence-electron chi connectivity index (χ4n) is 2.91. The van der Waals surface area contributed by atoms with Crippen LogP contribution in [0.2, 0.25) is 0 Å². The molecule has 178 valence electrons. The van der Waals surface area contributed by atoms with E-state index in [2.05, 4.69) is 10.0 Å². The van der Waals surface area contributed by atoms with Crippen LogP contribution < -0.4 is 20.5 Å². The van der Waals surface area contributed by atoms with E-state index in [1.807, 2.05) is 0 Å². The number of methoxy groups -OCH3 is 1. The minimum Gasteiger partial charge on any atom is -0.495 e. The molecule has 0 aliphatic rings. The first kappa shape index (κ1) is 24.6. The fourth-order valence-corrected chi connectivity index (χ4v) is 3.96. The Morgan fingerprint density at radius 3 is 2.18 bits per heavy atom. The number of alkyl halides is 3. The number of ether oxygens (including phenoxy) is 1. The minimum absolute atomic E-state index is 0.0737. The molecule has 4 N–H and O–H groups in total. The number of carbonyl (C=O) groups is 2. The number of primary amides is 1. The van der Waals surface area contributed by atoms with Crippen LogP contribution in [0.1, 0.15) is 26.3 Å². The summed E-state index contributed by atoms with van der Waals surface area (Å²) < 4.78 is 70.9. The van der Waals surface area contributed by atoms with Gasteiger partial charge in [0.2, 0.25) is 5.91 Å². The van der Waals surface area contributed by atoms with Crippen molar-refractivity contribution in [1.29, 1.82) is 0 Å². The van der Waals surface area contributed by atoms with Crippen LogP contribution >= 0.6 is 0 Å². The zero-order valence-corrected chi connectivity index (χ0v) is 18.3. The van der Waals surface area contributed by atoms with Crippen molar-refractivity contribution in [1.82, 2.24) is 0 Å². The van der Waals surface area contributed by atoms with Crippen molar-refractivity contribution in [2.24, 2.45) is 5.73 Å². The lowest BCUT2D eigenvalue weighted by atomic mass is 10.1. The first-order chi connectivity index (χ1) is 15.9. The third kappa shape index (κ3) is 5.64. The number of nitrogens with two attached hydrogens (primary N) is 1. The maximum absolute atomic E-state index is 12.9. The van der Waals surface area contributed by atoms with Crippen LogP contribution in [-0.4, -0.2) is 27.3 Å². The predicted octanol–water partition coefficient (Wildman–Crippen LogP) is 3.87. The zero-order valence-electron chi connectivity index (χ0n) is 17.5. The molecule has 0 bridgehead atoms. The molecule has 0 saturated carbocycles. The molecule has 0 atom stereocenters. The molecule has 0 aliphatic heterocycles. The highest BCUT2D eigenvalue weighted by Gasteiger charge is 2.30. The highest BCUT2D eigenvalue weighted by Crippen LogP contribution is 2.31. The SMILES string of the molecule is COc1ccc(C(N)=O)cc1NC(=O)c1ccc(S(=O)(=O)Nc2cccc(C(F)(F)F)c2)cc1. The summed E-state index contributed by atoms with van der Waals surface area (Å²) in [5, 5.41) is 2.55. The van der Waals surface area contributed by atoms with Crippen molar-refractivity contribution in [3.05, 3.63) is 83.4 Å². The van der Waals surface area contributed by atoms with E-state index in [0.29, 0.717) is 6.07 Å². The van der Waals surface area contributed by atoms with Crippen molar-refractivity contribution < 1.29 is 35.9 Å². The lowest BCUT2D eigenvalue weighted by Gasteiger charge is -2.13. The fraction of sp³-hybridized carbons (Fsp3) is 0.0909. The van der Waals surface area contributed by atoms with E-state index in [1.165, 1.54) is 43.5 Å². The van der Waals surface area contributed by atoms with Crippen molar-refractivity contribution in [3.63, 3.8) is 0 Å². The van der Waals surface area contributed by atoms with Gasteiger partial charge < -0.3 is 15.8 Å². The monoisotopic (exact) mass is 493 g/mol. The second-order valence-corrected chi connectivity index (χ2v) is 8.62. The number of anilines is 2. The van der Waals surface area contributed by atoms with Crippen LogP contribution in [0, 0.1) is 0 Å². The number of nitrogens with one attached hydrogen (secondary N) is 2. The second kappa shape index (κ2) is 9.43. The van der Waals surface area contributed by atoms with Gasteiger partial charge in [0.1, 0.15) is 5.75 Å². The first-order valence-electron chi connectivity index (χ1n) is 9.50. The van der Waals surface area contributed by atoms with E-state index in [-0.39, 0.29) is 33.1 Å². The Hall–Kier alpha value is -4.06. The molecule has 3 rings (SSSR count). The van der Waals surface area contributed by atoms with E-state index in [4.69, 9.17) is 10.5 Å². The van der Waals surface area contributed by atoms with Crippen LogP contribution in [0.15, 0.2) is 71.6 Å². The molecule has 8 nitrogen and oxygen atoms in total. The summed E-state index contributed by atoms with van der Waals surface area (Å²) in [6.45, 7) is 0. The molecular weight excluding hydrogens is 475 g/mol. The van der Waals surface area contributed by atoms with Gasteiger partial charge in [-0.15, -0.1) is 0 Å². The molecule has 0 aromatic heterocycles. The van der Waals surface area contributed by atoms with E-state index >= 15 is 0 Å². The van der Waals surface area contributed by atoms with Crippen LogP contribution in [0.3, 0.4) is 0 Å². The molecule has 0 fully saturated rings. The van der Waals surface area contributed by atoms with Gasteiger partial charge in [0.25, 0.3) is 15.9 Å². The second-order valence-electron chi connectivity index (χ2n) is 6.94. The summed E-state index contributed by atoms with van der Waals surface area (Å²) in [4.78, 5) is 23.7. The van der Waals surface area contributed by atoms with E-state index in [1.54, 1.807) is 0 Å². The Bertz CT molecular complexity index is 1340. The third-order valence-corrected chi connectivity index (χ3v) is 6.00. The van der Waals surface area contributed by atoms with Gasteiger partial charge >= 0.3 is 6.18 Å². The smallest absolute Gasteiger partial charge is 0.416 e. The summed E-state index contributed by atoms with van der Waals surface area (Å²) in [5.41, 5.74) is 4.36. The van der Waals surface area contributed by atoms with Crippen LogP contribution in [-0.2, 0) is 16.2 Å². The summed E-state index contributed by atoms with van der Waals surface area (Å²) in [6.07, 6.45) is -4.63. The van der Waals surface area contributed by atoms with Crippen LogP contribution in [0.25, 0.3) is 0 Å². The quantitative estimate of drug-likeness (QED) is 0.461. The van der Waals surface area contributed by atoms with Crippen molar-refractivity contribution in [2.75, 3.05) is 17.1 Å². The van der Waals surface area contributed by atoms with E-state index in [0.717, 1.165) is 24.3 Å². The topological polar surface area (TPSA) is 128 Å². The number of rotatable bonds is 7. The van der Waals surface area contributed by atoms with Crippen molar-refractivity contribution in [2.45, 2.75) is 11.1 Å². The Morgan fingerprint density at radius 1 is 0.941 bits per heavy atom. The molecular formula is C22H18F3N3O5S. The number of carbonyl (C=O) groups excluding carboxylic acids is 2. The average molecular weight is 493 g/mol. The van der Waals surface area contributed by atoms with Crippen molar-refractivity contribution >= 4 is 33.2 Å². The maximum Gasteiger partial charge on any atom is 0.416 e. The zero-order chi connectivity index (χ0) is 25.1. The molecule has 0 unspecified atom stereocenters. The largest absolute Gasteiger partial charge is 0.495 e. The van der Waals surface area contributed by atoms with Crippen molar-refractivity contribution in [3.8, 4) is 5.75 Å². The normalized spacial score (nSPS) is 11.5. The van der Waals surface area contributed by atoms with Gasteiger partial charge in [-0.2, -0.15) is 13.2 Å². The molecule has 34 heavy (non-hydrogen) atoms. The lowest BCUT2D eigenvalue weighted by Crippen LogP contribution is -2.16. The number of halogens is 3. The molecule has 0 saturated heterocycles. The maximum atomic E-state index is 12.9. The highest BCUT2D eigenvalue weighted by molar-refractivity contribution is 7.92. The van der Waals surface area contributed by atoms with E-state index < -0.39 is 33.6 Å². The van der Waals surface area contributed by atoms with Gasteiger partial charge in [0.15, 0.2) is 0 Å². The molecule has 3 aromatic rings. The first-order valence-corrected chi connectivity index (χ1v) is 11.0. The van der Waals surface area contributed by atoms with Gasteiger partial charge in [-0.05, 0) is 60.7 Å². The molecule has 0 spiro atoms. The summed E-state index contributed by atoms with van der Waals surface area (Å²) in [5.74, 6) is -1.07. The third-order valence-electron chi connectivity index (χ3n) is 4.60. The Balaban J connectivity index is 1.79. The molecule has 0 heterocycles. The average Bonchev–Trinajstić information content (AvgIpc) is 2.78. The molecule has 12 heteroatoms. The van der Waals surface area contributed by atoms with Crippen LogP contribution in [0.5, 0.6) is 5.75 Å². The summed E-state index contributed by atoms with van der Waals surface area (Å²) in [7, 11) is -2.86. The molecule has 2 amide bonds. The molecule has 0 aliphatic carbocycles. The Kier molecular flexibility index (Phi) is 6.82. The van der Waals surface area contributed by atoms with Gasteiger partial charge in [0, 0.05) is 16.8 Å². The van der Waals surface area contributed by atoms with Gasteiger partial charge in [-0.3, -0.25) is 14.3 Å². The lowest BCUT2D eigenvalue weighted by molar-refractivity contribution is -0.137. The minimum atomic E-state index is -4.63. The number of benzene rings is 3. The van der Waals surface area contributed by atoms with Gasteiger partial charge in [-0.1, -0.05) is 6.07 Å². The number of hydrogen-bond donors (Lipinski definition) is 3. The van der Waals surface area contributed by atoms with Crippen LogP contribution in [0.4, 0.5) is 24.5 Å². The highest BCUT2D eigenvalue weighted by atomic mass is 32.2. The van der Waals surface area contributed by atoms with Gasteiger partial charge in [-0.25, -0.2) is 8.42 Å². The standard InChI is InChI=1S/C22H18F3N3O5S/c1-33-19-10-7-14(20(26)29)11-18(19)27-21(30)13-5-8-17(9-6-13)34(31,32)28-16-4-2-3-15(12-16)22(23,24)25/h2-12,28H,1H3,(H2,26,29)(H,27,30). The van der Waals surface area contributed by atoms with E-state index in [9.17, 15) is 31.2 Å². The Labute approximate surface area is 192 Å². The number of hydrogen-bond acceptors (Lipinski definition) is 5. The molecule has 0 radical (unpaired) electrons.